The van der Waals surface area contributed by atoms with E-state index >= 15 is 0 Å². The maximum Gasteiger partial charge on any atom is 0.327 e. The molecule has 2 atom stereocenters. The summed E-state index contributed by atoms with van der Waals surface area (Å²) in [5, 5.41) is 16.9. The van der Waals surface area contributed by atoms with Gasteiger partial charge in [-0.25, -0.2) is 13.5 Å². The molecule has 3 heterocycles. The highest BCUT2D eigenvalue weighted by Gasteiger charge is 2.37. The standard InChI is InChI=1S/C21H25F2N7O4/c1-11(21(2,24)20(32)33)34-12-8-13(22)18(14(23)9-12)30-6-4-29(5-7-30)16-10-15-17(19(31)25-16)26-27-28(15)3/h8-11H,4-7,24H2,1-3H3,(H,25,31)(H,32,33)/t11?,21-/m0/s1. The second-order valence-electron chi connectivity index (χ2n) is 8.49. The van der Waals surface area contributed by atoms with Crippen LogP contribution in [0.3, 0.4) is 0 Å². The molecular formula is C21H25F2N7O4. The Kier molecular flexibility index (Phi) is 5.89. The van der Waals surface area contributed by atoms with Crippen molar-refractivity contribution >= 4 is 28.5 Å². The van der Waals surface area contributed by atoms with Gasteiger partial charge in [0.2, 0.25) is 0 Å². The molecule has 3 aromatic rings. The highest BCUT2D eigenvalue weighted by molar-refractivity contribution is 5.79. The quantitative estimate of drug-likeness (QED) is 0.470. The van der Waals surface area contributed by atoms with Gasteiger partial charge in [-0.3, -0.25) is 9.59 Å². The van der Waals surface area contributed by atoms with Crippen LogP contribution in [0.5, 0.6) is 5.75 Å². The number of aryl methyl sites for hydroxylation is 1. The summed E-state index contributed by atoms with van der Waals surface area (Å²) in [5.74, 6) is -2.54. The molecule has 34 heavy (non-hydrogen) atoms. The molecule has 1 aliphatic heterocycles. The van der Waals surface area contributed by atoms with Crippen LogP contribution in [-0.4, -0.2) is 68.9 Å². The van der Waals surface area contributed by atoms with Gasteiger partial charge in [0.05, 0.1) is 5.52 Å². The number of rotatable bonds is 6. The fourth-order valence-corrected chi connectivity index (χ4v) is 3.78. The molecule has 0 radical (unpaired) electrons. The van der Waals surface area contributed by atoms with E-state index in [2.05, 4.69) is 15.3 Å². The normalized spacial score (nSPS) is 17.0. The van der Waals surface area contributed by atoms with Gasteiger partial charge in [-0.2, -0.15) is 0 Å². The Bertz CT molecular complexity index is 1270. The molecule has 1 fully saturated rings. The lowest BCUT2D eigenvalue weighted by Crippen LogP contribution is -2.55. The summed E-state index contributed by atoms with van der Waals surface area (Å²) in [6.07, 6.45) is -1.03. The molecule has 0 bridgehead atoms. The van der Waals surface area contributed by atoms with Gasteiger partial charge >= 0.3 is 5.97 Å². The van der Waals surface area contributed by atoms with Crippen LogP contribution >= 0.6 is 0 Å². The third-order valence-corrected chi connectivity index (χ3v) is 6.15. The average Bonchev–Trinajstić information content (AvgIpc) is 3.15. The number of fused-ring (bicyclic) bond motifs is 1. The van der Waals surface area contributed by atoms with Crippen LogP contribution in [0.15, 0.2) is 23.0 Å². The van der Waals surface area contributed by atoms with Crippen LogP contribution in [0.4, 0.5) is 20.3 Å². The van der Waals surface area contributed by atoms with E-state index in [9.17, 15) is 23.5 Å². The van der Waals surface area contributed by atoms with Crippen molar-refractivity contribution in [2.75, 3.05) is 36.0 Å². The molecule has 1 unspecified atom stereocenters. The number of H-pyrrole nitrogens is 1. The minimum absolute atomic E-state index is 0.154. The zero-order valence-corrected chi connectivity index (χ0v) is 18.9. The molecule has 2 aromatic heterocycles. The van der Waals surface area contributed by atoms with Crippen molar-refractivity contribution in [3.63, 3.8) is 0 Å². The van der Waals surface area contributed by atoms with E-state index in [0.29, 0.717) is 37.5 Å². The van der Waals surface area contributed by atoms with Crippen molar-refractivity contribution in [3.8, 4) is 5.75 Å². The summed E-state index contributed by atoms with van der Waals surface area (Å²) < 4.78 is 36.7. The maximum atomic E-state index is 14.9. The third-order valence-electron chi connectivity index (χ3n) is 6.15. The summed E-state index contributed by atoms with van der Waals surface area (Å²) >= 11 is 0. The molecule has 13 heteroatoms. The summed E-state index contributed by atoms with van der Waals surface area (Å²) in [6, 6.07) is 3.79. The van der Waals surface area contributed by atoms with Crippen molar-refractivity contribution in [2.24, 2.45) is 12.8 Å². The first-order chi connectivity index (χ1) is 16.0. The second-order valence-corrected chi connectivity index (χ2v) is 8.49. The van der Waals surface area contributed by atoms with Gasteiger partial charge in [-0.1, -0.05) is 5.21 Å². The Hall–Kier alpha value is -3.74. The number of pyridine rings is 1. The Morgan fingerprint density at radius 2 is 1.79 bits per heavy atom. The van der Waals surface area contributed by atoms with E-state index in [-0.39, 0.29) is 22.5 Å². The maximum absolute atomic E-state index is 14.9. The number of carboxylic acids is 1. The monoisotopic (exact) mass is 477 g/mol. The van der Waals surface area contributed by atoms with Crippen LogP contribution < -0.4 is 25.8 Å². The van der Waals surface area contributed by atoms with Gasteiger partial charge in [0.1, 0.15) is 28.9 Å². The number of ether oxygens (including phenoxy) is 1. The molecule has 4 rings (SSSR count). The Balaban J connectivity index is 1.49. The highest BCUT2D eigenvalue weighted by atomic mass is 19.1. The number of carboxylic acid groups (broad SMARTS) is 1. The van der Waals surface area contributed by atoms with Gasteiger partial charge in [-0.05, 0) is 13.8 Å². The largest absolute Gasteiger partial charge is 0.488 e. The van der Waals surface area contributed by atoms with Crippen LogP contribution in [0.25, 0.3) is 11.0 Å². The fourth-order valence-electron chi connectivity index (χ4n) is 3.78. The molecule has 1 aromatic carbocycles. The van der Waals surface area contributed by atoms with E-state index in [1.165, 1.54) is 18.5 Å². The van der Waals surface area contributed by atoms with E-state index < -0.39 is 29.2 Å². The Morgan fingerprint density at radius 1 is 1.21 bits per heavy atom. The van der Waals surface area contributed by atoms with Gasteiger partial charge in [0.15, 0.2) is 17.2 Å². The molecule has 1 aliphatic rings. The van der Waals surface area contributed by atoms with E-state index in [1.54, 1.807) is 18.0 Å². The summed E-state index contributed by atoms with van der Waals surface area (Å²) in [6.45, 7) is 4.09. The van der Waals surface area contributed by atoms with Crippen molar-refractivity contribution in [1.82, 2.24) is 20.0 Å². The van der Waals surface area contributed by atoms with E-state index in [1.807, 2.05) is 4.90 Å². The molecule has 0 saturated carbocycles. The molecule has 0 amide bonds. The SMILES string of the molecule is CC(Oc1cc(F)c(N2CCN(c3cc4c(nnn4C)c(=O)[nH]3)CC2)c(F)c1)[C@](C)(N)C(=O)O. The number of aliphatic carboxylic acids is 1. The number of halogens is 2. The van der Waals surface area contributed by atoms with Crippen LogP contribution in [0.1, 0.15) is 13.8 Å². The number of benzene rings is 1. The molecule has 4 N–H and O–H groups in total. The summed E-state index contributed by atoms with van der Waals surface area (Å²) in [4.78, 5) is 29.8. The van der Waals surface area contributed by atoms with E-state index in [4.69, 9.17) is 10.5 Å². The molecular weight excluding hydrogens is 452 g/mol. The highest BCUT2D eigenvalue weighted by Crippen LogP contribution is 2.31. The van der Waals surface area contributed by atoms with Crippen molar-refractivity contribution in [3.05, 3.63) is 40.2 Å². The number of nitrogens with one attached hydrogen (secondary N) is 1. The number of hydrogen-bond acceptors (Lipinski definition) is 8. The first kappa shape index (κ1) is 23.4. The first-order valence-electron chi connectivity index (χ1n) is 10.6. The predicted molar refractivity (Wildman–Crippen MR) is 120 cm³/mol. The number of nitrogens with zero attached hydrogens (tertiary/aromatic N) is 5. The molecule has 0 spiro atoms. The van der Waals surface area contributed by atoms with Crippen LogP contribution in [0.2, 0.25) is 0 Å². The lowest BCUT2D eigenvalue weighted by atomic mass is 9.97. The zero-order valence-electron chi connectivity index (χ0n) is 18.9. The molecule has 0 aliphatic carbocycles. The minimum atomic E-state index is -1.74. The van der Waals surface area contributed by atoms with Gasteiger partial charge in [0, 0.05) is 51.4 Å². The lowest BCUT2D eigenvalue weighted by molar-refractivity contribution is -0.145. The van der Waals surface area contributed by atoms with Crippen LogP contribution in [-0.2, 0) is 11.8 Å². The number of piperazine rings is 1. The number of carbonyl (C=O) groups is 1. The number of nitrogens with two attached hydrogens (primary N) is 1. The first-order valence-corrected chi connectivity index (χ1v) is 10.6. The lowest BCUT2D eigenvalue weighted by Gasteiger charge is -2.37. The number of aromatic nitrogens is 4. The van der Waals surface area contributed by atoms with Gasteiger partial charge in [-0.15, -0.1) is 5.10 Å². The molecule has 1 saturated heterocycles. The number of aromatic amines is 1. The van der Waals surface area contributed by atoms with Crippen molar-refractivity contribution in [2.45, 2.75) is 25.5 Å². The topological polar surface area (TPSA) is 143 Å². The summed E-state index contributed by atoms with van der Waals surface area (Å²) in [7, 11) is 1.69. The number of hydrogen-bond donors (Lipinski definition) is 3. The van der Waals surface area contributed by atoms with Crippen molar-refractivity contribution in [1.29, 1.82) is 0 Å². The Labute approximate surface area is 192 Å². The fraction of sp³-hybridized carbons (Fsp3) is 0.429. The smallest absolute Gasteiger partial charge is 0.327 e. The molecule has 182 valence electrons. The Morgan fingerprint density at radius 3 is 2.38 bits per heavy atom. The predicted octanol–water partition coefficient (Wildman–Crippen LogP) is 0.831. The molecule has 11 nitrogen and oxygen atoms in total. The average molecular weight is 477 g/mol. The number of anilines is 2. The van der Waals surface area contributed by atoms with Crippen molar-refractivity contribution < 1.29 is 23.4 Å². The van der Waals surface area contributed by atoms with E-state index in [0.717, 1.165) is 12.1 Å². The van der Waals surface area contributed by atoms with Gasteiger partial charge in [0.25, 0.3) is 5.56 Å². The van der Waals surface area contributed by atoms with Gasteiger partial charge < -0.3 is 30.4 Å². The second kappa shape index (κ2) is 8.56. The zero-order chi connectivity index (χ0) is 24.8. The van der Waals surface area contributed by atoms with Crippen LogP contribution in [0, 0.1) is 11.6 Å². The minimum Gasteiger partial charge on any atom is -0.488 e. The third kappa shape index (κ3) is 4.14. The summed E-state index contributed by atoms with van der Waals surface area (Å²) in [5.41, 5.74) is 4.25.